The van der Waals surface area contributed by atoms with Crippen LogP contribution in [0.15, 0.2) is 48.5 Å². The normalized spacial score (nSPS) is 27.5. The van der Waals surface area contributed by atoms with Gasteiger partial charge in [0.1, 0.15) is 5.60 Å². The molecule has 5 heteroatoms. The SMILES string of the molecule is CC#C[C@@]1(O)CC[C@@]2(Cc3ccccc3)c3ccc(C(=O)NCCCN4CCN(C)CC4)cc3CC[C@@H]2C1. The summed E-state index contributed by atoms with van der Waals surface area (Å²) in [6.07, 6.45) is 6.20. The number of hydrogen-bond acceptors (Lipinski definition) is 4. The molecule has 2 aliphatic carbocycles. The maximum Gasteiger partial charge on any atom is 0.251 e. The molecule has 0 radical (unpaired) electrons. The van der Waals surface area contributed by atoms with E-state index >= 15 is 0 Å². The van der Waals surface area contributed by atoms with Gasteiger partial charge < -0.3 is 20.2 Å². The molecule has 0 unspecified atom stereocenters. The highest BCUT2D eigenvalue weighted by atomic mass is 16.3. The topological polar surface area (TPSA) is 55.8 Å². The Kier molecular flexibility index (Phi) is 8.23. The predicted molar refractivity (Wildman–Crippen MR) is 153 cm³/mol. The molecule has 2 aromatic carbocycles. The molecule has 0 aromatic heterocycles. The van der Waals surface area contributed by atoms with Gasteiger partial charge >= 0.3 is 0 Å². The fourth-order valence-electron chi connectivity index (χ4n) is 7.14. The Bertz CT molecular complexity index is 1180. The van der Waals surface area contributed by atoms with Crippen LogP contribution in [0.4, 0.5) is 0 Å². The number of benzene rings is 2. The summed E-state index contributed by atoms with van der Waals surface area (Å²) in [6, 6.07) is 17.1. The zero-order valence-electron chi connectivity index (χ0n) is 23.1. The van der Waals surface area contributed by atoms with Gasteiger partial charge in [0.15, 0.2) is 0 Å². The number of piperazine rings is 1. The van der Waals surface area contributed by atoms with Gasteiger partial charge in [-0.3, -0.25) is 4.79 Å². The monoisotopic (exact) mass is 513 g/mol. The Morgan fingerprint density at radius 2 is 1.89 bits per heavy atom. The third-order valence-electron chi connectivity index (χ3n) is 9.27. The maximum absolute atomic E-state index is 13.1. The van der Waals surface area contributed by atoms with E-state index in [-0.39, 0.29) is 11.3 Å². The molecule has 1 heterocycles. The Labute approximate surface area is 228 Å². The van der Waals surface area contributed by atoms with Gasteiger partial charge in [-0.2, -0.15) is 0 Å². The van der Waals surface area contributed by atoms with Crippen LogP contribution < -0.4 is 5.32 Å². The molecule has 5 nitrogen and oxygen atoms in total. The molecule has 3 aliphatic rings. The van der Waals surface area contributed by atoms with E-state index in [1.165, 1.54) is 16.7 Å². The maximum atomic E-state index is 13.1. The molecule has 1 saturated heterocycles. The summed E-state index contributed by atoms with van der Waals surface area (Å²) in [4.78, 5) is 17.9. The summed E-state index contributed by atoms with van der Waals surface area (Å²) >= 11 is 0. The summed E-state index contributed by atoms with van der Waals surface area (Å²) in [5, 5.41) is 14.4. The third kappa shape index (κ3) is 5.83. The standard InChI is InChI=1S/C33H43N3O2/c1-3-14-32(38)15-16-33(24-26-8-5-4-6-9-26)29(25-32)12-10-27-23-28(11-13-30(27)33)31(37)34-17-7-18-36-21-19-35(2)20-22-36/h4-6,8-9,11,13,23,29,38H,7,10,12,15-22,24-25H2,1-2H3,(H,34,37)/t29-,32-,33+/m1/s1. The summed E-state index contributed by atoms with van der Waals surface area (Å²) in [5.41, 5.74) is 3.85. The van der Waals surface area contributed by atoms with E-state index in [1.807, 2.05) is 13.0 Å². The van der Waals surface area contributed by atoms with Crippen LogP contribution in [-0.2, 0) is 18.3 Å². The van der Waals surface area contributed by atoms with Crippen LogP contribution in [0.2, 0.25) is 0 Å². The van der Waals surface area contributed by atoms with Crippen LogP contribution in [0.25, 0.3) is 0 Å². The van der Waals surface area contributed by atoms with Gasteiger partial charge in [-0.15, -0.1) is 5.92 Å². The molecule has 2 fully saturated rings. The third-order valence-corrected chi connectivity index (χ3v) is 9.27. The first-order valence-corrected chi connectivity index (χ1v) is 14.4. The van der Waals surface area contributed by atoms with Crippen LogP contribution >= 0.6 is 0 Å². The van der Waals surface area contributed by atoms with E-state index in [0.29, 0.717) is 18.9 Å². The average Bonchev–Trinajstić information content (AvgIpc) is 2.93. The quantitative estimate of drug-likeness (QED) is 0.434. The number of carbonyl (C=O) groups excluding carboxylic acids is 1. The van der Waals surface area contributed by atoms with Crippen LogP contribution in [0.5, 0.6) is 0 Å². The molecule has 0 bridgehead atoms. The molecular formula is C33H43N3O2. The molecule has 1 saturated carbocycles. The molecule has 0 spiro atoms. The zero-order chi connectivity index (χ0) is 26.6. The second-order valence-electron chi connectivity index (χ2n) is 11.8. The highest BCUT2D eigenvalue weighted by Crippen LogP contribution is 2.54. The lowest BCUT2D eigenvalue weighted by Crippen LogP contribution is -2.51. The highest BCUT2D eigenvalue weighted by Gasteiger charge is 2.51. The fourth-order valence-corrected chi connectivity index (χ4v) is 7.14. The molecule has 3 atom stereocenters. The molecule has 1 aliphatic heterocycles. The number of carbonyl (C=O) groups is 1. The van der Waals surface area contributed by atoms with Crippen molar-refractivity contribution in [1.82, 2.24) is 15.1 Å². The van der Waals surface area contributed by atoms with Crippen molar-refractivity contribution in [3.05, 3.63) is 70.8 Å². The molecular weight excluding hydrogens is 470 g/mol. The van der Waals surface area contributed by atoms with Gasteiger partial charge in [-0.25, -0.2) is 0 Å². The van der Waals surface area contributed by atoms with E-state index in [4.69, 9.17) is 0 Å². The summed E-state index contributed by atoms with van der Waals surface area (Å²) in [7, 11) is 2.18. The van der Waals surface area contributed by atoms with Crippen molar-refractivity contribution in [3.8, 4) is 11.8 Å². The van der Waals surface area contributed by atoms with Gasteiger partial charge in [0.25, 0.3) is 5.91 Å². The van der Waals surface area contributed by atoms with Gasteiger partial charge in [0.2, 0.25) is 0 Å². The van der Waals surface area contributed by atoms with Crippen molar-refractivity contribution in [1.29, 1.82) is 0 Å². The van der Waals surface area contributed by atoms with Crippen LogP contribution in [-0.4, -0.2) is 72.7 Å². The van der Waals surface area contributed by atoms with Gasteiger partial charge in [-0.1, -0.05) is 42.3 Å². The Morgan fingerprint density at radius 3 is 2.66 bits per heavy atom. The van der Waals surface area contributed by atoms with Gasteiger partial charge in [0.05, 0.1) is 0 Å². The molecule has 1 amide bonds. The molecule has 38 heavy (non-hydrogen) atoms. The number of amides is 1. The molecule has 2 aromatic rings. The summed E-state index contributed by atoms with van der Waals surface area (Å²) in [5.74, 6) is 6.48. The van der Waals surface area contributed by atoms with Crippen molar-refractivity contribution >= 4 is 5.91 Å². The number of aliphatic hydroxyl groups is 1. The smallest absolute Gasteiger partial charge is 0.251 e. The van der Waals surface area contributed by atoms with Crippen molar-refractivity contribution in [3.63, 3.8) is 0 Å². The largest absolute Gasteiger partial charge is 0.378 e. The number of nitrogens with one attached hydrogen (secondary N) is 1. The van der Waals surface area contributed by atoms with E-state index in [1.54, 1.807) is 0 Å². The minimum Gasteiger partial charge on any atom is -0.378 e. The number of aryl methyl sites for hydroxylation is 1. The predicted octanol–water partition coefficient (Wildman–Crippen LogP) is 4.04. The number of fused-ring (bicyclic) bond motifs is 3. The fraction of sp³-hybridized carbons (Fsp3) is 0.545. The average molecular weight is 514 g/mol. The number of nitrogens with zero attached hydrogens (tertiary/aromatic N) is 2. The molecule has 2 N–H and O–H groups in total. The Balaban J connectivity index is 1.30. The molecule has 5 rings (SSSR count). The minimum absolute atomic E-state index is 0.0293. The summed E-state index contributed by atoms with van der Waals surface area (Å²) < 4.78 is 0. The molecule has 202 valence electrons. The second-order valence-corrected chi connectivity index (χ2v) is 11.8. The Hall–Kier alpha value is -2.65. The number of likely N-dealkylation sites (N-methyl/N-ethyl adjacent to an activating group) is 1. The lowest BCUT2D eigenvalue weighted by atomic mass is 9.52. The lowest BCUT2D eigenvalue weighted by molar-refractivity contribution is -0.00801. The van der Waals surface area contributed by atoms with E-state index in [2.05, 4.69) is 76.5 Å². The number of rotatable bonds is 7. The summed E-state index contributed by atoms with van der Waals surface area (Å²) in [6.45, 7) is 8.04. The second kappa shape index (κ2) is 11.6. The van der Waals surface area contributed by atoms with Gasteiger partial charge in [-0.05, 0) is 100 Å². The first-order chi connectivity index (χ1) is 18.4. The van der Waals surface area contributed by atoms with Crippen molar-refractivity contribution < 1.29 is 9.90 Å². The van der Waals surface area contributed by atoms with Crippen molar-refractivity contribution in [2.24, 2.45) is 5.92 Å². The van der Waals surface area contributed by atoms with Crippen LogP contribution in [0, 0.1) is 17.8 Å². The van der Waals surface area contributed by atoms with Gasteiger partial charge in [0, 0.05) is 43.7 Å². The first kappa shape index (κ1) is 26.9. The zero-order valence-corrected chi connectivity index (χ0v) is 23.1. The van der Waals surface area contributed by atoms with Crippen molar-refractivity contribution in [2.75, 3.05) is 46.3 Å². The number of hydrogen-bond donors (Lipinski definition) is 2. The Morgan fingerprint density at radius 1 is 1.11 bits per heavy atom. The lowest BCUT2D eigenvalue weighted by Gasteiger charge is -2.52. The van der Waals surface area contributed by atoms with Crippen molar-refractivity contribution in [2.45, 2.75) is 62.9 Å². The minimum atomic E-state index is -0.888. The van der Waals surface area contributed by atoms with Crippen LogP contribution in [0.3, 0.4) is 0 Å². The first-order valence-electron chi connectivity index (χ1n) is 14.4. The highest BCUT2D eigenvalue weighted by molar-refractivity contribution is 5.94. The van der Waals surface area contributed by atoms with E-state index in [0.717, 1.165) is 76.8 Å². The van der Waals surface area contributed by atoms with Crippen LogP contribution in [0.1, 0.15) is 66.1 Å². The van der Waals surface area contributed by atoms with E-state index < -0.39 is 5.60 Å². The van der Waals surface area contributed by atoms with E-state index in [9.17, 15) is 9.90 Å².